The molecule has 132 valence electrons. The van der Waals surface area contributed by atoms with Gasteiger partial charge in [0.15, 0.2) is 0 Å². The summed E-state index contributed by atoms with van der Waals surface area (Å²) in [5, 5.41) is 8.83. The third kappa shape index (κ3) is 3.82. The van der Waals surface area contributed by atoms with E-state index in [1.807, 2.05) is 11.0 Å². The molecule has 2 aliphatic heterocycles. The second-order valence-corrected chi connectivity index (χ2v) is 6.45. The Morgan fingerprint density at radius 2 is 1.92 bits per heavy atom. The molecule has 0 saturated carbocycles. The monoisotopic (exact) mass is 342 g/mol. The number of nitriles is 1. The summed E-state index contributed by atoms with van der Waals surface area (Å²) in [6, 6.07) is 5.19. The first-order valence-electron chi connectivity index (χ1n) is 8.53. The number of pyridine rings is 1. The average molecular weight is 342 g/mol. The molecular weight excluding hydrogens is 320 g/mol. The van der Waals surface area contributed by atoms with Gasteiger partial charge in [0.1, 0.15) is 11.9 Å². The second kappa shape index (κ2) is 7.38. The molecule has 1 aromatic heterocycles. The minimum absolute atomic E-state index is 0.110. The maximum absolute atomic E-state index is 12.7. The van der Waals surface area contributed by atoms with Crippen LogP contribution in [0.3, 0.4) is 0 Å². The van der Waals surface area contributed by atoms with Crippen molar-refractivity contribution < 1.29 is 9.59 Å². The Kier molecular flexibility index (Phi) is 5.03. The minimum Gasteiger partial charge on any atom is -0.353 e. The Balaban J connectivity index is 1.55. The normalized spacial score (nSPS) is 20.9. The van der Waals surface area contributed by atoms with Gasteiger partial charge in [-0.2, -0.15) is 5.26 Å². The molecule has 2 fully saturated rings. The van der Waals surface area contributed by atoms with Crippen molar-refractivity contribution in [3.05, 3.63) is 23.9 Å². The van der Waals surface area contributed by atoms with Crippen LogP contribution in [0.5, 0.6) is 0 Å². The highest BCUT2D eigenvalue weighted by Crippen LogP contribution is 2.21. The molecule has 0 aromatic carbocycles. The Morgan fingerprint density at radius 1 is 1.16 bits per heavy atom. The predicted molar refractivity (Wildman–Crippen MR) is 91.6 cm³/mol. The third-order valence-electron chi connectivity index (χ3n) is 4.87. The van der Waals surface area contributed by atoms with Crippen molar-refractivity contribution in [3.63, 3.8) is 0 Å². The third-order valence-corrected chi connectivity index (χ3v) is 4.87. The largest absolute Gasteiger partial charge is 0.353 e. The van der Waals surface area contributed by atoms with E-state index in [0.717, 1.165) is 18.7 Å². The van der Waals surface area contributed by atoms with Crippen LogP contribution in [0.15, 0.2) is 18.3 Å². The van der Waals surface area contributed by atoms with Crippen LogP contribution in [0.2, 0.25) is 0 Å². The molecule has 2 N–H and O–H groups in total. The minimum atomic E-state index is -0.450. The van der Waals surface area contributed by atoms with E-state index in [9.17, 15) is 9.59 Å². The molecule has 3 rings (SSSR count). The van der Waals surface area contributed by atoms with E-state index >= 15 is 0 Å². The van der Waals surface area contributed by atoms with E-state index in [4.69, 9.17) is 11.0 Å². The van der Waals surface area contributed by atoms with Gasteiger partial charge in [0.05, 0.1) is 11.5 Å². The summed E-state index contributed by atoms with van der Waals surface area (Å²) in [6.07, 6.45) is 3.18. The van der Waals surface area contributed by atoms with Crippen molar-refractivity contribution in [1.82, 2.24) is 14.8 Å². The number of carbonyl (C=O) groups excluding carboxylic acids is 2. The van der Waals surface area contributed by atoms with Crippen LogP contribution in [0, 0.1) is 17.2 Å². The summed E-state index contributed by atoms with van der Waals surface area (Å²) in [5.74, 6) is 0.780. The van der Waals surface area contributed by atoms with Gasteiger partial charge >= 0.3 is 6.03 Å². The number of rotatable bonds is 2. The standard InChI is InChI=1S/C17H22N6O2/c18-10-13-3-4-15(20-11-13)21-6-8-22(9-7-21)16(24)14-2-1-5-23(12-14)17(19)25/h3-4,11,14H,1-2,5-9,12H2,(H2,19,25)/t14-/m1/s1. The SMILES string of the molecule is N#Cc1ccc(N2CCN(C(=O)[C@@H]3CCCN(C(N)=O)C3)CC2)nc1. The zero-order valence-corrected chi connectivity index (χ0v) is 14.1. The number of piperazine rings is 1. The maximum atomic E-state index is 12.7. The number of nitrogens with two attached hydrogens (primary N) is 1. The molecule has 2 aliphatic rings. The lowest BCUT2D eigenvalue weighted by atomic mass is 9.96. The topological polar surface area (TPSA) is 107 Å². The highest BCUT2D eigenvalue weighted by atomic mass is 16.2. The molecule has 8 heteroatoms. The smallest absolute Gasteiger partial charge is 0.314 e. The first-order chi connectivity index (χ1) is 12.1. The molecule has 1 aromatic rings. The van der Waals surface area contributed by atoms with Crippen LogP contribution < -0.4 is 10.6 Å². The first-order valence-corrected chi connectivity index (χ1v) is 8.53. The summed E-state index contributed by atoms with van der Waals surface area (Å²) < 4.78 is 0. The van der Waals surface area contributed by atoms with Gasteiger partial charge in [0, 0.05) is 45.5 Å². The number of anilines is 1. The fourth-order valence-corrected chi connectivity index (χ4v) is 3.43. The zero-order chi connectivity index (χ0) is 17.8. The number of aromatic nitrogens is 1. The molecule has 25 heavy (non-hydrogen) atoms. The van der Waals surface area contributed by atoms with Crippen molar-refractivity contribution in [2.45, 2.75) is 12.8 Å². The maximum Gasteiger partial charge on any atom is 0.314 e. The van der Waals surface area contributed by atoms with Crippen LogP contribution in [-0.2, 0) is 4.79 Å². The van der Waals surface area contributed by atoms with Gasteiger partial charge < -0.3 is 20.4 Å². The van der Waals surface area contributed by atoms with Gasteiger partial charge in [0.2, 0.25) is 5.91 Å². The number of likely N-dealkylation sites (tertiary alicyclic amines) is 1. The van der Waals surface area contributed by atoms with E-state index in [2.05, 4.69) is 16.0 Å². The Labute approximate surface area is 146 Å². The number of amides is 3. The molecule has 0 bridgehead atoms. The number of hydrogen-bond acceptors (Lipinski definition) is 5. The average Bonchev–Trinajstić information content (AvgIpc) is 2.67. The number of piperidine rings is 1. The molecule has 1 atom stereocenters. The quantitative estimate of drug-likeness (QED) is 0.837. The Hall–Kier alpha value is -2.82. The van der Waals surface area contributed by atoms with Gasteiger partial charge in [-0.3, -0.25) is 4.79 Å². The van der Waals surface area contributed by atoms with Crippen LogP contribution >= 0.6 is 0 Å². The highest BCUT2D eigenvalue weighted by Gasteiger charge is 2.32. The molecule has 3 amide bonds. The lowest BCUT2D eigenvalue weighted by Crippen LogP contribution is -2.53. The van der Waals surface area contributed by atoms with Crippen LogP contribution in [0.1, 0.15) is 18.4 Å². The molecule has 8 nitrogen and oxygen atoms in total. The predicted octanol–water partition coefficient (Wildman–Crippen LogP) is 0.393. The van der Waals surface area contributed by atoms with Crippen LogP contribution in [-0.4, -0.2) is 66.0 Å². The molecule has 3 heterocycles. The summed E-state index contributed by atoms with van der Waals surface area (Å²) in [4.78, 5) is 33.9. The molecular formula is C17H22N6O2. The number of nitrogens with zero attached hydrogens (tertiary/aromatic N) is 5. The van der Waals surface area contributed by atoms with Crippen LogP contribution in [0.4, 0.5) is 10.6 Å². The Morgan fingerprint density at radius 3 is 2.52 bits per heavy atom. The van der Waals surface area contributed by atoms with Gasteiger partial charge in [0.25, 0.3) is 0 Å². The molecule has 2 saturated heterocycles. The Bertz CT molecular complexity index is 675. The fraction of sp³-hybridized carbons (Fsp3) is 0.529. The number of primary amides is 1. The number of urea groups is 1. The molecule has 0 unspecified atom stereocenters. The van der Waals surface area contributed by atoms with E-state index < -0.39 is 6.03 Å². The van der Waals surface area contributed by atoms with Gasteiger partial charge in [-0.05, 0) is 25.0 Å². The van der Waals surface area contributed by atoms with Crippen molar-refractivity contribution >= 4 is 17.8 Å². The van der Waals surface area contributed by atoms with Gasteiger partial charge in [-0.1, -0.05) is 0 Å². The van der Waals surface area contributed by atoms with Gasteiger partial charge in [-0.15, -0.1) is 0 Å². The number of carbonyl (C=O) groups is 2. The first kappa shape index (κ1) is 17.0. The van der Waals surface area contributed by atoms with E-state index in [0.29, 0.717) is 44.8 Å². The second-order valence-electron chi connectivity index (χ2n) is 6.45. The fourth-order valence-electron chi connectivity index (χ4n) is 3.43. The van der Waals surface area contributed by atoms with E-state index in [1.54, 1.807) is 17.2 Å². The zero-order valence-electron chi connectivity index (χ0n) is 14.1. The van der Waals surface area contributed by atoms with E-state index in [-0.39, 0.29) is 11.8 Å². The molecule has 0 aliphatic carbocycles. The highest BCUT2D eigenvalue weighted by molar-refractivity contribution is 5.81. The molecule has 0 radical (unpaired) electrons. The summed E-state index contributed by atoms with van der Waals surface area (Å²) in [7, 11) is 0. The summed E-state index contributed by atoms with van der Waals surface area (Å²) in [5.41, 5.74) is 5.88. The van der Waals surface area contributed by atoms with E-state index in [1.165, 1.54) is 0 Å². The lowest BCUT2D eigenvalue weighted by Gasteiger charge is -2.39. The lowest BCUT2D eigenvalue weighted by molar-refractivity contribution is -0.137. The van der Waals surface area contributed by atoms with Crippen LogP contribution in [0.25, 0.3) is 0 Å². The van der Waals surface area contributed by atoms with Gasteiger partial charge in [-0.25, -0.2) is 9.78 Å². The molecule has 0 spiro atoms. The number of hydrogen-bond donors (Lipinski definition) is 1. The van der Waals surface area contributed by atoms with Crippen molar-refractivity contribution in [2.24, 2.45) is 11.7 Å². The van der Waals surface area contributed by atoms with Crippen molar-refractivity contribution in [1.29, 1.82) is 5.26 Å². The summed E-state index contributed by atoms with van der Waals surface area (Å²) >= 11 is 0. The van der Waals surface area contributed by atoms with Crippen molar-refractivity contribution in [3.8, 4) is 6.07 Å². The van der Waals surface area contributed by atoms with Crippen molar-refractivity contribution in [2.75, 3.05) is 44.2 Å². The summed E-state index contributed by atoms with van der Waals surface area (Å²) in [6.45, 7) is 3.73.